The average Bonchev–Trinajstić information content (AvgIpc) is 3.45. The zero-order valence-corrected chi connectivity index (χ0v) is 23.6. The molecule has 208 valence electrons. The summed E-state index contributed by atoms with van der Waals surface area (Å²) in [6, 6.07) is 26.9. The first-order valence-electron chi connectivity index (χ1n) is 13.3. The van der Waals surface area contributed by atoms with Gasteiger partial charge in [-0.25, -0.2) is 0 Å². The van der Waals surface area contributed by atoms with Crippen molar-refractivity contribution in [2.45, 2.75) is 44.8 Å². The Kier molecular flexibility index (Phi) is 13.1. The highest BCUT2D eigenvalue weighted by molar-refractivity contribution is 6.00. The fourth-order valence-corrected chi connectivity index (χ4v) is 4.68. The van der Waals surface area contributed by atoms with Gasteiger partial charge in [-0.3, -0.25) is 4.39 Å². The molecule has 0 saturated carbocycles. The monoisotopic (exact) mass is 529 g/mol. The van der Waals surface area contributed by atoms with Crippen molar-refractivity contribution in [2.75, 3.05) is 20.8 Å². The topological polar surface area (TPSA) is 91.2 Å². The van der Waals surface area contributed by atoms with E-state index in [-0.39, 0.29) is 6.17 Å². The number of nitrogens with two attached hydrogens (primary N) is 2. The molecule has 0 aliphatic carbocycles. The van der Waals surface area contributed by atoms with Crippen LogP contribution in [0.4, 0.5) is 4.39 Å². The number of aryl methyl sites for hydroxylation is 1. The van der Waals surface area contributed by atoms with E-state index in [9.17, 15) is 4.39 Å². The minimum atomic E-state index is -0.384. The summed E-state index contributed by atoms with van der Waals surface area (Å²) in [4.78, 5) is 2.30. The largest absolute Gasteiger partial charge is 0.390 e. The molecule has 5 nitrogen and oxygen atoms in total. The SMILES string of the molecule is C=C(NC)C1CCCN1C(=C)CC(=N)c1ccccc1C.CF.NC(N)c1ccc(Cc2ccccc2)cc1. The van der Waals surface area contributed by atoms with E-state index in [4.69, 9.17) is 16.9 Å². The van der Waals surface area contributed by atoms with Crippen molar-refractivity contribution in [3.8, 4) is 0 Å². The molecule has 1 atom stereocenters. The van der Waals surface area contributed by atoms with E-state index in [0.717, 1.165) is 53.9 Å². The summed E-state index contributed by atoms with van der Waals surface area (Å²) in [5.41, 5.74) is 19.6. The summed E-state index contributed by atoms with van der Waals surface area (Å²) in [7, 11) is 2.41. The van der Waals surface area contributed by atoms with E-state index in [1.807, 2.05) is 56.4 Å². The number of benzene rings is 3. The Bertz CT molecular complexity index is 1190. The highest BCUT2D eigenvalue weighted by Crippen LogP contribution is 2.27. The van der Waals surface area contributed by atoms with E-state index in [1.165, 1.54) is 11.1 Å². The quantitative estimate of drug-likeness (QED) is 0.195. The van der Waals surface area contributed by atoms with Crippen molar-refractivity contribution in [1.29, 1.82) is 5.41 Å². The number of likely N-dealkylation sites (N-methyl/N-ethyl adjacent to an activating group) is 1. The molecule has 1 heterocycles. The lowest BCUT2D eigenvalue weighted by Crippen LogP contribution is -2.34. The van der Waals surface area contributed by atoms with Crippen molar-refractivity contribution in [3.63, 3.8) is 0 Å². The molecule has 4 rings (SSSR count). The second kappa shape index (κ2) is 16.3. The summed E-state index contributed by atoms with van der Waals surface area (Å²) in [6.07, 6.45) is 3.42. The number of halogens is 1. The van der Waals surface area contributed by atoms with E-state index in [1.54, 1.807) is 0 Å². The van der Waals surface area contributed by atoms with Crippen LogP contribution in [0.2, 0.25) is 0 Å². The number of likely N-dealkylation sites (tertiary alicyclic amines) is 1. The van der Waals surface area contributed by atoms with Crippen LogP contribution in [0, 0.1) is 12.3 Å². The van der Waals surface area contributed by atoms with Crippen LogP contribution in [0.3, 0.4) is 0 Å². The molecule has 1 saturated heterocycles. The summed E-state index contributed by atoms with van der Waals surface area (Å²) >= 11 is 0. The van der Waals surface area contributed by atoms with Gasteiger partial charge in [-0.1, -0.05) is 92.0 Å². The van der Waals surface area contributed by atoms with Gasteiger partial charge in [0.05, 0.1) is 19.4 Å². The van der Waals surface area contributed by atoms with Gasteiger partial charge in [0, 0.05) is 37.1 Å². The smallest absolute Gasteiger partial charge is 0.0785 e. The molecule has 0 aromatic heterocycles. The molecule has 1 unspecified atom stereocenters. The first-order valence-corrected chi connectivity index (χ1v) is 13.3. The van der Waals surface area contributed by atoms with Crippen molar-refractivity contribution in [3.05, 3.63) is 131 Å². The van der Waals surface area contributed by atoms with E-state index in [2.05, 4.69) is 59.8 Å². The average molecular weight is 530 g/mol. The molecule has 3 aromatic carbocycles. The Morgan fingerprint density at radius 3 is 2.15 bits per heavy atom. The minimum absolute atomic E-state index is 0.312. The minimum Gasteiger partial charge on any atom is -0.390 e. The molecule has 1 fully saturated rings. The molecule has 6 N–H and O–H groups in total. The van der Waals surface area contributed by atoms with Crippen LogP contribution >= 0.6 is 0 Å². The second-order valence-electron chi connectivity index (χ2n) is 9.59. The van der Waals surface area contributed by atoms with Gasteiger partial charge in [0.2, 0.25) is 0 Å². The standard InChI is InChI=1S/C18H25N3.C14H16N2.CH3F/c1-13-8-5-6-9-16(13)17(19)12-14(2)21-11-7-10-18(21)15(3)20-4;15-14(16)13-8-6-12(7-9-13)10-11-4-2-1-3-5-11;1-2/h5-6,8-9,18-20H,2-3,7,10-12H2,1,4H3;1-9,14H,10,15-16H2;1H3. The van der Waals surface area contributed by atoms with Crippen molar-refractivity contribution in [1.82, 2.24) is 10.2 Å². The van der Waals surface area contributed by atoms with Crippen LogP contribution < -0.4 is 16.8 Å². The van der Waals surface area contributed by atoms with E-state index >= 15 is 0 Å². The van der Waals surface area contributed by atoms with Gasteiger partial charge in [-0.15, -0.1) is 0 Å². The number of hydrogen-bond acceptors (Lipinski definition) is 5. The normalized spacial score (nSPS) is 14.0. The Morgan fingerprint density at radius 1 is 0.974 bits per heavy atom. The van der Waals surface area contributed by atoms with Gasteiger partial charge in [0.25, 0.3) is 0 Å². The molecule has 6 heteroatoms. The summed E-state index contributed by atoms with van der Waals surface area (Å²) in [5.74, 6) is 0. The van der Waals surface area contributed by atoms with Crippen molar-refractivity contribution >= 4 is 5.71 Å². The first-order chi connectivity index (χ1) is 18.8. The maximum atomic E-state index is 9.50. The lowest BCUT2D eigenvalue weighted by Gasteiger charge is -2.30. The van der Waals surface area contributed by atoms with Crippen molar-refractivity contribution < 1.29 is 4.39 Å². The number of hydrogen-bond donors (Lipinski definition) is 4. The molecule has 1 aliphatic rings. The number of allylic oxidation sites excluding steroid dienone is 1. The highest BCUT2D eigenvalue weighted by atomic mass is 19.1. The number of rotatable bonds is 9. The van der Waals surface area contributed by atoms with E-state index < -0.39 is 0 Å². The van der Waals surface area contributed by atoms with Gasteiger partial charge in [-0.05, 0) is 54.0 Å². The first kappa shape index (κ1) is 31.5. The Morgan fingerprint density at radius 2 is 1.56 bits per heavy atom. The third-order valence-electron chi connectivity index (χ3n) is 6.85. The molecule has 0 amide bonds. The summed E-state index contributed by atoms with van der Waals surface area (Å²) in [5, 5.41) is 11.5. The molecular weight excluding hydrogens is 485 g/mol. The van der Waals surface area contributed by atoms with Gasteiger partial charge in [-0.2, -0.15) is 0 Å². The van der Waals surface area contributed by atoms with Crippen LogP contribution in [0.25, 0.3) is 0 Å². The van der Waals surface area contributed by atoms with Crippen LogP contribution in [0.1, 0.15) is 53.2 Å². The number of nitrogens with zero attached hydrogens (tertiary/aromatic N) is 1. The zero-order valence-electron chi connectivity index (χ0n) is 23.6. The van der Waals surface area contributed by atoms with Gasteiger partial charge in [0.1, 0.15) is 0 Å². The Balaban J connectivity index is 0.000000265. The van der Waals surface area contributed by atoms with Gasteiger partial charge in [0.15, 0.2) is 0 Å². The number of nitrogens with one attached hydrogen (secondary N) is 2. The molecule has 0 bridgehead atoms. The van der Waals surface area contributed by atoms with Crippen LogP contribution in [0.5, 0.6) is 0 Å². The third-order valence-corrected chi connectivity index (χ3v) is 6.85. The van der Waals surface area contributed by atoms with Crippen LogP contribution in [-0.4, -0.2) is 37.4 Å². The fourth-order valence-electron chi connectivity index (χ4n) is 4.68. The molecular formula is C33H44FN5. The summed E-state index contributed by atoms with van der Waals surface area (Å²) < 4.78 is 9.50. The van der Waals surface area contributed by atoms with Gasteiger partial charge < -0.3 is 27.1 Å². The fraction of sp³-hybridized carbons (Fsp3) is 0.303. The lowest BCUT2D eigenvalue weighted by atomic mass is 10.0. The third kappa shape index (κ3) is 9.50. The lowest BCUT2D eigenvalue weighted by molar-refractivity contribution is 0.344. The molecule has 0 spiro atoms. The molecule has 0 radical (unpaired) electrons. The predicted octanol–water partition coefficient (Wildman–Crippen LogP) is 6.24. The molecule has 3 aromatic rings. The highest BCUT2D eigenvalue weighted by Gasteiger charge is 2.27. The maximum absolute atomic E-state index is 9.50. The number of alkyl halides is 1. The predicted molar refractivity (Wildman–Crippen MR) is 164 cm³/mol. The van der Waals surface area contributed by atoms with Crippen LogP contribution in [-0.2, 0) is 6.42 Å². The Labute approximate surface area is 233 Å². The van der Waals surface area contributed by atoms with Crippen molar-refractivity contribution in [2.24, 2.45) is 11.5 Å². The maximum Gasteiger partial charge on any atom is 0.0785 e. The van der Waals surface area contributed by atoms with E-state index in [0.29, 0.717) is 25.4 Å². The van der Waals surface area contributed by atoms with Gasteiger partial charge >= 0.3 is 0 Å². The molecule has 39 heavy (non-hydrogen) atoms. The van der Waals surface area contributed by atoms with Crippen LogP contribution in [0.15, 0.2) is 103 Å². The summed E-state index contributed by atoms with van der Waals surface area (Å²) in [6.45, 7) is 11.4. The zero-order chi connectivity index (χ0) is 28.8. The second-order valence-corrected chi connectivity index (χ2v) is 9.59. The molecule has 1 aliphatic heterocycles. The Hall–Kier alpha value is -3.74.